The van der Waals surface area contributed by atoms with Crippen molar-refractivity contribution < 1.29 is 4.74 Å². The van der Waals surface area contributed by atoms with Crippen LogP contribution in [0.3, 0.4) is 0 Å². The van der Waals surface area contributed by atoms with E-state index in [1.54, 1.807) is 0 Å². The molecule has 1 heterocycles. The first-order valence-corrected chi connectivity index (χ1v) is 6.89. The summed E-state index contributed by atoms with van der Waals surface area (Å²) >= 11 is 0. The molecule has 0 atom stereocenters. The van der Waals surface area contributed by atoms with E-state index < -0.39 is 0 Å². The summed E-state index contributed by atoms with van der Waals surface area (Å²) in [5.74, 6) is 1.72. The van der Waals surface area contributed by atoms with Crippen LogP contribution in [0.25, 0.3) is 0 Å². The van der Waals surface area contributed by atoms with E-state index in [2.05, 4.69) is 27.4 Å². The number of aromatic amines is 1. The predicted molar refractivity (Wildman–Crippen MR) is 79.8 cm³/mol. The van der Waals surface area contributed by atoms with Gasteiger partial charge in [-0.1, -0.05) is 6.92 Å². The number of anilines is 2. The molecule has 1 aromatic heterocycles. The van der Waals surface area contributed by atoms with Crippen LogP contribution in [-0.4, -0.2) is 28.3 Å². The summed E-state index contributed by atoms with van der Waals surface area (Å²) in [6.45, 7) is 3.63. The van der Waals surface area contributed by atoms with Crippen molar-refractivity contribution in [3.05, 3.63) is 30.4 Å². The van der Waals surface area contributed by atoms with E-state index in [1.807, 2.05) is 18.2 Å². The van der Waals surface area contributed by atoms with Crippen molar-refractivity contribution in [2.24, 2.45) is 0 Å². The molecule has 0 aliphatic rings. The lowest BCUT2D eigenvalue weighted by atomic mass is 10.2. The minimum absolute atomic E-state index is 0.703. The molecule has 0 unspecified atom stereocenters. The molecule has 0 aliphatic carbocycles. The maximum Gasteiger partial charge on any atom is 0.137 e. The third-order valence-electron chi connectivity index (χ3n) is 2.79. The fourth-order valence-electron chi connectivity index (χ4n) is 1.87. The van der Waals surface area contributed by atoms with Gasteiger partial charge < -0.3 is 15.8 Å². The second-order valence-electron chi connectivity index (χ2n) is 4.60. The van der Waals surface area contributed by atoms with E-state index >= 15 is 0 Å². The summed E-state index contributed by atoms with van der Waals surface area (Å²) in [5, 5.41) is 10.0. The Kier molecular flexibility index (Phi) is 5.23. The fourth-order valence-corrected chi connectivity index (χ4v) is 1.87. The Morgan fingerprint density at radius 2 is 2.25 bits per heavy atom. The van der Waals surface area contributed by atoms with Gasteiger partial charge in [-0.2, -0.15) is 5.10 Å². The molecular formula is C14H21N5O. The van der Waals surface area contributed by atoms with Crippen molar-refractivity contribution >= 4 is 11.4 Å². The number of nitrogen functional groups attached to an aromatic ring is 1. The Morgan fingerprint density at radius 1 is 1.35 bits per heavy atom. The number of aryl methyl sites for hydroxylation is 1. The molecule has 1 aromatic carbocycles. The molecule has 0 radical (unpaired) electrons. The van der Waals surface area contributed by atoms with Gasteiger partial charge in [-0.3, -0.25) is 5.10 Å². The molecule has 0 saturated heterocycles. The van der Waals surface area contributed by atoms with Crippen LogP contribution in [0, 0.1) is 0 Å². The standard InChI is InChI=1S/C14H21N5O/c1-2-6-20-13-8-11(15)7-12(9-13)16-5-3-4-14-17-10-18-19-14/h7-10,16H,2-6,15H2,1H3,(H,17,18,19). The number of H-pyrrole nitrogens is 1. The second-order valence-corrected chi connectivity index (χ2v) is 4.60. The molecule has 20 heavy (non-hydrogen) atoms. The smallest absolute Gasteiger partial charge is 0.137 e. The van der Waals surface area contributed by atoms with Gasteiger partial charge in [0, 0.05) is 36.5 Å². The minimum atomic E-state index is 0.703. The molecule has 0 saturated carbocycles. The van der Waals surface area contributed by atoms with Crippen molar-refractivity contribution in [2.75, 3.05) is 24.2 Å². The molecule has 4 N–H and O–H groups in total. The van der Waals surface area contributed by atoms with Gasteiger partial charge in [-0.25, -0.2) is 4.98 Å². The van der Waals surface area contributed by atoms with Crippen LogP contribution < -0.4 is 15.8 Å². The fraction of sp³-hybridized carbons (Fsp3) is 0.429. The highest BCUT2D eigenvalue weighted by molar-refractivity contribution is 5.59. The number of aromatic nitrogens is 3. The van der Waals surface area contributed by atoms with Gasteiger partial charge in [0.05, 0.1) is 6.61 Å². The van der Waals surface area contributed by atoms with Crippen molar-refractivity contribution in [3.63, 3.8) is 0 Å². The Labute approximate surface area is 118 Å². The molecule has 0 fully saturated rings. The maximum atomic E-state index is 5.87. The number of hydrogen-bond acceptors (Lipinski definition) is 5. The largest absolute Gasteiger partial charge is 0.493 e. The molecule has 6 nitrogen and oxygen atoms in total. The van der Waals surface area contributed by atoms with E-state index in [-0.39, 0.29) is 0 Å². The zero-order valence-electron chi connectivity index (χ0n) is 11.7. The quantitative estimate of drug-likeness (QED) is 0.508. The topological polar surface area (TPSA) is 88.8 Å². The maximum absolute atomic E-state index is 5.87. The molecule has 2 aromatic rings. The summed E-state index contributed by atoms with van der Waals surface area (Å²) in [7, 11) is 0. The monoisotopic (exact) mass is 275 g/mol. The summed E-state index contributed by atoms with van der Waals surface area (Å²) in [6.07, 6.45) is 4.34. The van der Waals surface area contributed by atoms with Gasteiger partial charge >= 0.3 is 0 Å². The average Bonchev–Trinajstić information content (AvgIpc) is 2.94. The summed E-state index contributed by atoms with van der Waals surface area (Å²) in [4.78, 5) is 4.09. The Bertz CT molecular complexity index is 512. The number of rotatable bonds is 8. The number of hydrogen-bond donors (Lipinski definition) is 3. The van der Waals surface area contributed by atoms with Crippen LogP contribution in [0.15, 0.2) is 24.5 Å². The SMILES string of the molecule is CCCOc1cc(N)cc(NCCCc2ncn[nH]2)c1. The molecule has 0 bridgehead atoms. The number of nitrogens with two attached hydrogens (primary N) is 1. The number of benzene rings is 1. The van der Waals surface area contributed by atoms with Crippen LogP contribution in [-0.2, 0) is 6.42 Å². The van der Waals surface area contributed by atoms with Crippen molar-refractivity contribution in [1.82, 2.24) is 15.2 Å². The third-order valence-corrected chi connectivity index (χ3v) is 2.79. The highest BCUT2D eigenvalue weighted by Crippen LogP contribution is 2.22. The lowest BCUT2D eigenvalue weighted by molar-refractivity contribution is 0.318. The van der Waals surface area contributed by atoms with Crippen molar-refractivity contribution in [3.8, 4) is 5.75 Å². The van der Waals surface area contributed by atoms with Crippen LogP contribution >= 0.6 is 0 Å². The number of ether oxygens (including phenoxy) is 1. The lowest BCUT2D eigenvalue weighted by Crippen LogP contribution is -2.05. The van der Waals surface area contributed by atoms with E-state index in [0.29, 0.717) is 12.3 Å². The molecule has 2 rings (SSSR count). The third kappa shape index (κ3) is 4.46. The van der Waals surface area contributed by atoms with Crippen LogP contribution in [0.1, 0.15) is 25.6 Å². The molecule has 108 valence electrons. The first-order valence-electron chi connectivity index (χ1n) is 6.89. The van der Waals surface area contributed by atoms with Gasteiger partial charge in [0.25, 0.3) is 0 Å². The van der Waals surface area contributed by atoms with E-state index in [1.165, 1.54) is 6.33 Å². The normalized spacial score (nSPS) is 10.4. The van der Waals surface area contributed by atoms with Crippen molar-refractivity contribution in [1.29, 1.82) is 0 Å². The van der Waals surface area contributed by atoms with Gasteiger partial charge in [0.1, 0.15) is 17.9 Å². The summed E-state index contributed by atoms with van der Waals surface area (Å²) in [6, 6.07) is 5.73. The molecule has 0 aliphatic heterocycles. The minimum Gasteiger partial charge on any atom is -0.493 e. The van der Waals surface area contributed by atoms with E-state index in [0.717, 1.165) is 43.1 Å². The second kappa shape index (κ2) is 7.37. The highest BCUT2D eigenvalue weighted by Gasteiger charge is 2.01. The Balaban J connectivity index is 1.80. The van der Waals surface area contributed by atoms with Gasteiger partial charge in [-0.15, -0.1) is 0 Å². The van der Waals surface area contributed by atoms with Gasteiger partial charge in [0.2, 0.25) is 0 Å². The Morgan fingerprint density at radius 3 is 3.00 bits per heavy atom. The zero-order chi connectivity index (χ0) is 14.2. The Hall–Kier alpha value is -2.24. The summed E-state index contributed by atoms with van der Waals surface area (Å²) < 4.78 is 5.60. The summed E-state index contributed by atoms with van der Waals surface area (Å²) in [5.41, 5.74) is 7.55. The first-order chi connectivity index (χ1) is 9.78. The number of nitrogens with one attached hydrogen (secondary N) is 2. The lowest BCUT2D eigenvalue weighted by Gasteiger charge is -2.10. The highest BCUT2D eigenvalue weighted by atomic mass is 16.5. The van der Waals surface area contributed by atoms with Crippen LogP contribution in [0.4, 0.5) is 11.4 Å². The molecule has 6 heteroatoms. The first kappa shape index (κ1) is 14.2. The molecular weight excluding hydrogens is 254 g/mol. The molecule has 0 amide bonds. The van der Waals surface area contributed by atoms with Crippen LogP contribution in [0.5, 0.6) is 5.75 Å². The number of nitrogens with zero attached hydrogens (tertiary/aromatic N) is 2. The van der Waals surface area contributed by atoms with Crippen LogP contribution in [0.2, 0.25) is 0 Å². The van der Waals surface area contributed by atoms with Gasteiger partial charge in [-0.05, 0) is 18.9 Å². The van der Waals surface area contributed by atoms with Crippen molar-refractivity contribution in [2.45, 2.75) is 26.2 Å². The molecule has 0 spiro atoms. The zero-order valence-corrected chi connectivity index (χ0v) is 11.7. The van der Waals surface area contributed by atoms with E-state index in [4.69, 9.17) is 10.5 Å². The predicted octanol–water partition coefficient (Wildman–Crippen LogP) is 2.22. The van der Waals surface area contributed by atoms with E-state index in [9.17, 15) is 0 Å². The van der Waals surface area contributed by atoms with Gasteiger partial charge in [0.15, 0.2) is 0 Å². The average molecular weight is 275 g/mol.